The van der Waals surface area contributed by atoms with Crippen LogP contribution < -0.4 is 9.50 Å². The van der Waals surface area contributed by atoms with Gasteiger partial charge in [-0.1, -0.05) is 12.1 Å². The van der Waals surface area contributed by atoms with E-state index in [0.717, 1.165) is 6.07 Å². The van der Waals surface area contributed by atoms with Crippen LogP contribution in [0.15, 0.2) is 60.0 Å². The summed E-state index contributed by atoms with van der Waals surface area (Å²) in [6, 6.07) is 8.96. The topological polar surface area (TPSA) is 116 Å². The predicted octanol–water partition coefficient (Wildman–Crippen LogP) is 2.59. The average Bonchev–Trinajstić information content (AvgIpc) is 2.60. The van der Waals surface area contributed by atoms with Gasteiger partial charge in [0.2, 0.25) is 0 Å². The zero-order valence-electron chi connectivity index (χ0n) is 13.8. The Labute approximate surface area is 150 Å². The van der Waals surface area contributed by atoms with Crippen LogP contribution in [0.4, 0.5) is 5.69 Å². The molecule has 0 aliphatic carbocycles. The number of hydrogen-bond acceptors (Lipinski definition) is 6. The van der Waals surface area contributed by atoms with Gasteiger partial charge in [0.15, 0.2) is 0 Å². The van der Waals surface area contributed by atoms with Crippen LogP contribution in [-0.4, -0.2) is 25.8 Å². The van der Waals surface area contributed by atoms with E-state index in [1.54, 1.807) is 0 Å². The van der Waals surface area contributed by atoms with E-state index in [-0.39, 0.29) is 22.2 Å². The Morgan fingerprint density at radius 2 is 1.92 bits per heavy atom. The first-order valence-corrected chi connectivity index (χ1v) is 8.84. The van der Waals surface area contributed by atoms with Crippen molar-refractivity contribution in [3.8, 4) is 5.75 Å². The first kappa shape index (κ1) is 19.1. The zero-order valence-corrected chi connectivity index (χ0v) is 14.7. The largest absolute Gasteiger partial charge is 0.379 e. The second-order valence-electron chi connectivity index (χ2n) is 5.27. The number of nitro groups is 1. The van der Waals surface area contributed by atoms with E-state index < -0.39 is 15.0 Å². The Morgan fingerprint density at radius 1 is 1.27 bits per heavy atom. The van der Waals surface area contributed by atoms with E-state index in [0.29, 0.717) is 17.7 Å². The molecule has 26 heavy (non-hydrogen) atoms. The number of carbonyl (C=O) groups is 1. The van der Waals surface area contributed by atoms with E-state index in [9.17, 15) is 23.3 Å². The van der Waals surface area contributed by atoms with Gasteiger partial charge in [-0.15, -0.1) is 6.58 Å². The molecule has 0 unspecified atom stereocenters. The van der Waals surface area contributed by atoms with E-state index in [4.69, 9.17) is 4.18 Å². The van der Waals surface area contributed by atoms with E-state index >= 15 is 0 Å². The minimum absolute atomic E-state index is 0.0174. The molecule has 1 N–H and O–H groups in total. The number of benzene rings is 2. The van der Waals surface area contributed by atoms with E-state index in [1.165, 1.54) is 49.4 Å². The highest BCUT2D eigenvalue weighted by atomic mass is 32.2. The highest BCUT2D eigenvalue weighted by molar-refractivity contribution is 7.87. The third-order valence-corrected chi connectivity index (χ3v) is 4.77. The van der Waals surface area contributed by atoms with Gasteiger partial charge in [-0.05, 0) is 36.8 Å². The summed E-state index contributed by atoms with van der Waals surface area (Å²) in [4.78, 5) is 21.7. The monoisotopic (exact) mass is 376 g/mol. The molecular weight excluding hydrogens is 360 g/mol. The standard InChI is InChI=1S/C17H16N2O6S/c1-3-10-18-17(20)13-5-8-15(9-6-13)25-26(23,24)16-11-14(19(21)22)7-4-12(16)2/h3-9,11H,1,10H2,2H3,(H,18,20). The molecule has 0 fully saturated rings. The molecule has 1 amide bonds. The maximum absolute atomic E-state index is 12.4. The summed E-state index contributed by atoms with van der Waals surface area (Å²) >= 11 is 0. The third-order valence-electron chi connectivity index (χ3n) is 3.38. The number of aryl methyl sites for hydroxylation is 1. The smallest absolute Gasteiger partial charge is 0.339 e. The number of nitrogens with zero attached hydrogens (tertiary/aromatic N) is 1. The van der Waals surface area contributed by atoms with Crippen molar-refractivity contribution >= 4 is 21.7 Å². The third kappa shape index (κ3) is 4.45. The lowest BCUT2D eigenvalue weighted by atomic mass is 10.2. The lowest BCUT2D eigenvalue weighted by Gasteiger charge is -2.10. The first-order valence-electron chi connectivity index (χ1n) is 7.43. The van der Waals surface area contributed by atoms with Crippen molar-refractivity contribution in [2.75, 3.05) is 6.54 Å². The number of carbonyl (C=O) groups excluding carboxylic acids is 1. The van der Waals surface area contributed by atoms with Crippen molar-refractivity contribution < 1.29 is 22.3 Å². The summed E-state index contributed by atoms with van der Waals surface area (Å²) in [5, 5.41) is 13.4. The molecule has 0 atom stereocenters. The first-order chi connectivity index (χ1) is 12.2. The molecule has 0 heterocycles. The van der Waals surface area contributed by atoms with Crippen LogP contribution in [0.25, 0.3) is 0 Å². The molecule has 9 heteroatoms. The van der Waals surface area contributed by atoms with Crippen molar-refractivity contribution in [2.45, 2.75) is 11.8 Å². The molecule has 0 saturated carbocycles. The molecule has 0 radical (unpaired) electrons. The summed E-state index contributed by atoms with van der Waals surface area (Å²) < 4.78 is 29.9. The molecule has 8 nitrogen and oxygen atoms in total. The van der Waals surface area contributed by atoms with Gasteiger partial charge in [0, 0.05) is 24.2 Å². The lowest BCUT2D eigenvalue weighted by molar-refractivity contribution is -0.385. The molecule has 2 rings (SSSR count). The van der Waals surface area contributed by atoms with Gasteiger partial charge < -0.3 is 9.50 Å². The molecule has 0 aromatic heterocycles. The van der Waals surface area contributed by atoms with Gasteiger partial charge in [-0.2, -0.15) is 8.42 Å². The van der Waals surface area contributed by atoms with Crippen LogP contribution in [0.2, 0.25) is 0 Å². The SMILES string of the molecule is C=CCNC(=O)c1ccc(OS(=O)(=O)c2cc([N+](=O)[O-])ccc2C)cc1. The maximum Gasteiger partial charge on any atom is 0.339 e. The van der Waals surface area contributed by atoms with E-state index in [1.807, 2.05) is 0 Å². The Balaban J connectivity index is 2.24. The minimum atomic E-state index is -4.27. The van der Waals surface area contributed by atoms with Crippen LogP contribution in [0, 0.1) is 17.0 Å². The number of rotatable bonds is 7. The molecular formula is C17H16N2O6S. The van der Waals surface area contributed by atoms with Crippen molar-refractivity contribution in [2.24, 2.45) is 0 Å². The van der Waals surface area contributed by atoms with Crippen molar-refractivity contribution in [3.63, 3.8) is 0 Å². The number of amides is 1. The quantitative estimate of drug-likeness (QED) is 0.344. The molecule has 136 valence electrons. The van der Waals surface area contributed by atoms with Crippen LogP contribution >= 0.6 is 0 Å². The van der Waals surface area contributed by atoms with Crippen LogP contribution in [0.5, 0.6) is 5.75 Å². The van der Waals surface area contributed by atoms with Crippen molar-refractivity contribution in [3.05, 3.63) is 76.4 Å². The van der Waals surface area contributed by atoms with Gasteiger partial charge in [0.25, 0.3) is 11.6 Å². The Bertz CT molecular complexity index is 952. The molecule has 0 aliphatic rings. The number of nitro benzene ring substituents is 1. The second kappa shape index (κ2) is 7.79. The van der Waals surface area contributed by atoms with Gasteiger partial charge >= 0.3 is 10.1 Å². The molecule has 0 aliphatic heterocycles. The van der Waals surface area contributed by atoms with Crippen molar-refractivity contribution in [1.29, 1.82) is 0 Å². The Hall–Kier alpha value is -3.20. The van der Waals surface area contributed by atoms with Crippen LogP contribution in [0.1, 0.15) is 15.9 Å². The van der Waals surface area contributed by atoms with Crippen LogP contribution in [-0.2, 0) is 10.1 Å². The fraction of sp³-hybridized carbons (Fsp3) is 0.118. The summed E-state index contributed by atoms with van der Waals surface area (Å²) in [5.41, 5.74) is 0.283. The minimum Gasteiger partial charge on any atom is -0.379 e. The summed E-state index contributed by atoms with van der Waals surface area (Å²) in [7, 11) is -4.27. The molecule has 2 aromatic rings. The maximum atomic E-state index is 12.4. The zero-order chi connectivity index (χ0) is 19.3. The summed E-state index contributed by atoms with van der Waals surface area (Å²) in [6.07, 6.45) is 1.53. The fourth-order valence-corrected chi connectivity index (χ4v) is 3.25. The highest BCUT2D eigenvalue weighted by Crippen LogP contribution is 2.25. The van der Waals surface area contributed by atoms with Gasteiger partial charge in [-0.25, -0.2) is 0 Å². The normalized spacial score (nSPS) is 10.8. The van der Waals surface area contributed by atoms with Gasteiger partial charge in [-0.3, -0.25) is 14.9 Å². The second-order valence-corrected chi connectivity index (χ2v) is 6.78. The van der Waals surface area contributed by atoms with Crippen LogP contribution in [0.3, 0.4) is 0 Å². The number of hydrogen-bond donors (Lipinski definition) is 1. The number of non-ortho nitro benzene ring substituents is 1. The highest BCUT2D eigenvalue weighted by Gasteiger charge is 2.22. The molecule has 2 aromatic carbocycles. The van der Waals surface area contributed by atoms with Gasteiger partial charge in [0.1, 0.15) is 10.6 Å². The Morgan fingerprint density at radius 3 is 2.50 bits per heavy atom. The van der Waals surface area contributed by atoms with Crippen molar-refractivity contribution in [1.82, 2.24) is 5.32 Å². The predicted molar refractivity (Wildman–Crippen MR) is 94.6 cm³/mol. The van der Waals surface area contributed by atoms with Gasteiger partial charge in [0.05, 0.1) is 4.92 Å². The molecule has 0 saturated heterocycles. The summed E-state index contributed by atoms with van der Waals surface area (Å²) in [5.74, 6) is -0.356. The molecule has 0 spiro atoms. The molecule has 0 bridgehead atoms. The number of nitrogens with one attached hydrogen (secondary N) is 1. The Kier molecular flexibility index (Phi) is 5.73. The van der Waals surface area contributed by atoms with E-state index in [2.05, 4.69) is 11.9 Å². The lowest BCUT2D eigenvalue weighted by Crippen LogP contribution is -2.23. The fourth-order valence-electron chi connectivity index (χ4n) is 2.07. The average molecular weight is 376 g/mol. The summed E-state index contributed by atoms with van der Waals surface area (Å²) in [6.45, 7) is 5.30.